The van der Waals surface area contributed by atoms with Crippen molar-refractivity contribution in [1.82, 2.24) is 30.9 Å². The molecule has 0 spiro atoms. The van der Waals surface area contributed by atoms with Gasteiger partial charge in [-0.25, -0.2) is 0 Å². The number of fused-ring (bicyclic) bond motifs is 3. The summed E-state index contributed by atoms with van der Waals surface area (Å²) in [7, 11) is 1.62. The lowest BCUT2D eigenvalue weighted by Crippen LogP contribution is -2.34. The van der Waals surface area contributed by atoms with Gasteiger partial charge in [0.2, 0.25) is 0 Å². The van der Waals surface area contributed by atoms with Gasteiger partial charge in [0.05, 0.1) is 76.2 Å². The number of amides is 3. The standard InChI is InChI=1S/C50H60N6O11/c1-63-26-27-64-28-29-65-30-31-66-32-33-67-34-50(17-5-23-54-47(60)38-14-11-35-8-2-20-51-41(35)44(38)57,18-6-24-55-48(61)39-15-12-36-9-3-21-52-42(36)45(39)58)19-7-25-56-49(62)40-16-13-37-10-4-22-53-43(37)46(40)59/h2-4,8-16,20-22,57-59H,5-7,17-19,23-34H2,1H3,(H,54,60)(H,55,61)(H,56,62). The molecule has 6 aromatic rings. The van der Waals surface area contributed by atoms with E-state index in [1.54, 1.807) is 80.3 Å². The number of pyridine rings is 3. The lowest BCUT2D eigenvalue weighted by Gasteiger charge is -2.34. The van der Waals surface area contributed by atoms with E-state index in [0.29, 0.717) is 150 Å². The van der Waals surface area contributed by atoms with Crippen molar-refractivity contribution in [2.24, 2.45) is 5.41 Å². The number of phenolic OH excluding ortho intramolecular Hbond substituents is 3. The summed E-state index contributed by atoms with van der Waals surface area (Å²) in [5.41, 5.74) is 0.880. The van der Waals surface area contributed by atoms with Gasteiger partial charge in [-0.2, -0.15) is 0 Å². The van der Waals surface area contributed by atoms with Crippen molar-refractivity contribution < 1.29 is 53.4 Å². The zero-order valence-electron chi connectivity index (χ0n) is 37.8. The third-order valence-electron chi connectivity index (χ3n) is 11.4. The summed E-state index contributed by atoms with van der Waals surface area (Å²) in [6.07, 6.45) is 8.08. The number of hydrogen-bond donors (Lipinski definition) is 6. The van der Waals surface area contributed by atoms with E-state index in [1.165, 1.54) is 0 Å². The van der Waals surface area contributed by atoms with E-state index < -0.39 is 23.1 Å². The number of benzene rings is 3. The summed E-state index contributed by atoms with van der Waals surface area (Å²) in [6.45, 7) is 4.50. The molecule has 3 heterocycles. The van der Waals surface area contributed by atoms with Gasteiger partial charge in [-0.15, -0.1) is 0 Å². The molecule has 356 valence electrons. The van der Waals surface area contributed by atoms with Crippen molar-refractivity contribution in [2.45, 2.75) is 38.5 Å². The quantitative estimate of drug-likeness (QED) is 0.0293. The maximum atomic E-state index is 13.3. The zero-order chi connectivity index (χ0) is 47.3. The number of nitrogens with one attached hydrogen (secondary N) is 3. The van der Waals surface area contributed by atoms with E-state index in [2.05, 4.69) is 30.9 Å². The molecule has 0 bridgehead atoms. The van der Waals surface area contributed by atoms with Crippen LogP contribution in [0.5, 0.6) is 17.2 Å². The molecule has 3 aromatic heterocycles. The van der Waals surface area contributed by atoms with Gasteiger partial charge in [0.1, 0.15) is 16.6 Å². The van der Waals surface area contributed by atoms with Crippen molar-refractivity contribution in [3.63, 3.8) is 0 Å². The van der Waals surface area contributed by atoms with Crippen LogP contribution in [-0.4, -0.2) is 134 Å². The minimum atomic E-state index is -0.495. The molecule has 0 fully saturated rings. The number of phenols is 3. The summed E-state index contributed by atoms with van der Waals surface area (Å²) >= 11 is 0. The van der Waals surface area contributed by atoms with Crippen LogP contribution in [0.1, 0.15) is 69.6 Å². The first-order valence-corrected chi connectivity index (χ1v) is 22.6. The fraction of sp³-hybridized carbons (Fsp3) is 0.400. The van der Waals surface area contributed by atoms with E-state index in [0.717, 1.165) is 0 Å². The minimum Gasteiger partial charge on any atom is -0.505 e. The predicted molar refractivity (Wildman–Crippen MR) is 253 cm³/mol. The lowest BCUT2D eigenvalue weighted by molar-refractivity contribution is -0.0255. The minimum absolute atomic E-state index is 0.120. The van der Waals surface area contributed by atoms with Gasteiger partial charge < -0.3 is 55.0 Å². The average Bonchev–Trinajstić information content (AvgIpc) is 3.35. The smallest absolute Gasteiger partial charge is 0.255 e. The molecule has 0 aliphatic rings. The SMILES string of the molecule is COCCOCCOCCOCCOCC(CCCNC(=O)c1ccc2cccnc2c1O)(CCCNC(=O)c1ccc2cccnc2c1O)CCCNC(=O)c1ccc2cccnc2c1O. The molecule has 0 unspecified atom stereocenters. The Morgan fingerprint density at radius 3 is 1.15 bits per heavy atom. The molecule has 6 N–H and O–H groups in total. The van der Waals surface area contributed by atoms with Crippen LogP contribution >= 0.6 is 0 Å². The molecule has 0 radical (unpaired) electrons. The normalized spacial score (nSPS) is 11.6. The molecule has 67 heavy (non-hydrogen) atoms. The molecule has 0 aliphatic carbocycles. The van der Waals surface area contributed by atoms with Gasteiger partial charge in [-0.3, -0.25) is 29.3 Å². The summed E-state index contributed by atoms with van der Waals surface area (Å²) in [4.78, 5) is 52.7. The van der Waals surface area contributed by atoms with E-state index >= 15 is 0 Å². The summed E-state index contributed by atoms with van der Waals surface area (Å²) in [6, 6.07) is 20.6. The maximum absolute atomic E-state index is 13.3. The number of carbonyl (C=O) groups excluding carboxylic acids is 3. The van der Waals surface area contributed by atoms with Crippen LogP contribution in [0, 0.1) is 5.41 Å². The Balaban J connectivity index is 1.10. The zero-order valence-corrected chi connectivity index (χ0v) is 37.8. The van der Waals surface area contributed by atoms with Gasteiger partial charge in [0.15, 0.2) is 17.2 Å². The van der Waals surface area contributed by atoms with Crippen LogP contribution in [-0.2, 0) is 23.7 Å². The number of aromatic hydroxyl groups is 3. The van der Waals surface area contributed by atoms with Gasteiger partial charge in [-0.05, 0) is 80.3 Å². The van der Waals surface area contributed by atoms with Crippen molar-refractivity contribution in [2.75, 3.05) is 86.2 Å². The van der Waals surface area contributed by atoms with E-state index in [1.807, 2.05) is 18.2 Å². The first kappa shape index (κ1) is 49.9. The number of ether oxygens (including phenoxy) is 5. The van der Waals surface area contributed by atoms with Crippen molar-refractivity contribution in [3.8, 4) is 17.2 Å². The molecule has 0 saturated heterocycles. The number of nitrogens with zero attached hydrogens (tertiary/aromatic N) is 3. The number of methoxy groups -OCH3 is 1. The van der Waals surface area contributed by atoms with Crippen LogP contribution in [0.4, 0.5) is 0 Å². The third kappa shape index (κ3) is 14.2. The number of aromatic nitrogens is 3. The van der Waals surface area contributed by atoms with E-state index in [9.17, 15) is 29.7 Å². The molecular formula is C50H60N6O11. The van der Waals surface area contributed by atoms with Crippen molar-refractivity contribution in [3.05, 3.63) is 108 Å². The van der Waals surface area contributed by atoms with Crippen LogP contribution in [0.25, 0.3) is 32.7 Å². The highest BCUT2D eigenvalue weighted by atomic mass is 16.6. The number of rotatable bonds is 29. The van der Waals surface area contributed by atoms with Crippen molar-refractivity contribution in [1.29, 1.82) is 0 Å². The van der Waals surface area contributed by atoms with Crippen LogP contribution in [0.2, 0.25) is 0 Å². The van der Waals surface area contributed by atoms with Gasteiger partial charge in [0, 0.05) is 61.5 Å². The molecule has 3 amide bonds. The Kier molecular flexibility index (Phi) is 19.4. The molecule has 0 aliphatic heterocycles. The first-order chi connectivity index (χ1) is 32.7. The highest BCUT2D eigenvalue weighted by molar-refractivity contribution is 6.04. The first-order valence-electron chi connectivity index (χ1n) is 22.6. The second-order valence-corrected chi connectivity index (χ2v) is 16.1. The van der Waals surface area contributed by atoms with E-state index in [-0.39, 0.29) is 33.9 Å². The van der Waals surface area contributed by atoms with Crippen molar-refractivity contribution >= 4 is 50.4 Å². The Morgan fingerprint density at radius 1 is 0.478 bits per heavy atom. The molecule has 6 rings (SSSR count). The highest BCUT2D eigenvalue weighted by Crippen LogP contribution is 2.36. The van der Waals surface area contributed by atoms with Crippen LogP contribution < -0.4 is 16.0 Å². The Labute approximate surface area is 389 Å². The number of carbonyl (C=O) groups is 3. The Hall–Kier alpha value is -6.50. The fourth-order valence-corrected chi connectivity index (χ4v) is 7.90. The molecule has 17 nitrogen and oxygen atoms in total. The van der Waals surface area contributed by atoms with Gasteiger partial charge in [-0.1, -0.05) is 36.4 Å². The van der Waals surface area contributed by atoms with Gasteiger partial charge in [0.25, 0.3) is 17.7 Å². The summed E-state index contributed by atoms with van der Waals surface area (Å²) in [5, 5.41) is 43.6. The molecule has 0 atom stereocenters. The Morgan fingerprint density at radius 2 is 0.806 bits per heavy atom. The summed E-state index contributed by atoms with van der Waals surface area (Å²) < 4.78 is 28.1. The maximum Gasteiger partial charge on any atom is 0.255 e. The lowest BCUT2D eigenvalue weighted by atomic mass is 9.75. The Bertz CT molecular complexity index is 2310. The molecule has 0 saturated carbocycles. The van der Waals surface area contributed by atoms with Crippen LogP contribution in [0.15, 0.2) is 91.4 Å². The van der Waals surface area contributed by atoms with E-state index in [4.69, 9.17) is 23.7 Å². The largest absolute Gasteiger partial charge is 0.505 e. The molecule has 17 heteroatoms. The second-order valence-electron chi connectivity index (χ2n) is 16.1. The third-order valence-corrected chi connectivity index (χ3v) is 11.4. The van der Waals surface area contributed by atoms with Crippen LogP contribution in [0.3, 0.4) is 0 Å². The topological polar surface area (TPSA) is 233 Å². The molecule has 3 aromatic carbocycles. The second kappa shape index (κ2) is 26.0. The molecular weight excluding hydrogens is 861 g/mol. The monoisotopic (exact) mass is 920 g/mol. The highest BCUT2D eigenvalue weighted by Gasteiger charge is 2.30. The summed E-state index contributed by atoms with van der Waals surface area (Å²) in [5.74, 6) is -1.87. The van der Waals surface area contributed by atoms with Gasteiger partial charge >= 0.3 is 0 Å². The number of hydrogen-bond acceptors (Lipinski definition) is 14. The predicted octanol–water partition coefficient (Wildman–Crippen LogP) is 6.08. The average molecular weight is 921 g/mol. The fourth-order valence-electron chi connectivity index (χ4n) is 7.90.